The minimum absolute atomic E-state index is 0.243. The number of hydrogen-bond acceptors (Lipinski definition) is 6. The predicted octanol–water partition coefficient (Wildman–Crippen LogP) is 3.65. The molecule has 2 aromatic heterocycles. The van der Waals surface area contributed by atoms with Crippen molar-refractivity contribution < 1.29 is 9.84 Å². The summed E-state index contributed by atoms with van der Waals surface area (Å²) in [5.74, 6) is 0.686. The quantitative estimate of drug-likeness (QED) is 0.624. The lowest BCUT2D eigenvalue weighted by Crippen LogP contribution is -2.07. The van der Waals surface area contributed by atoms with Crippen LogP contribution < -0.4 is 10.3 Å². The standard InChI is InChI=1S/C19H20N2O3S/c22-11-5-1-2-6-12-24-14-8-9-17-15(13-14)18(23)21-19(25-17)16-7-3-4-10-20-16/h3-4,7-10,13,22H,1-2,5-6,11-12H2. The summed E-state index contributed by atoms with van der Waals surface area (Å²) < 4.78 is 6.60. The van der Waals surface area contributed by atoms with Gasteiger partial charge in [0.25, 0.3) is 5.56 Å². The second-order valence-electron chi connectivity index (χ2n) is 5.68. The lowest BCUT2D eigenvalue weighted by molar-refractivity contribution is 0.273. The number of unbranched alkanes of at least 4 members (excludes halogenated alkanes) is 3. The van der Waals surface area contributed by atoms with Gasteiger partial charge in [-0.25, -0.2) is 0 Å². The number of ether oxygens (including phenoxy) is 1. The smallest absolute Gasteiger partial charge is 0.279 e. The molecule has 0 aliphatic carbocycles. The molecular weight excluding hydrogens is 336 g/mol. The van der Waals surface area contributed by atoms with E-state index < -0.39 is 0 Å². The van der Waals surface area contributed by atoms with E-state index >= 15 is 0 Å². The highest BCUT2D eigenvalue weighted by Crippen LogP contribution is 2.27. The van der Waals surface area contributed by atoms with Crippen molar-refractivity contribution in [1.82, 2.24) is 9.97 Å². The van der Waals surface area contributed by atoms with Crippen LogP contribution in [0.15, 0.2) is 47.4 Å². The van der Waals surface area contributed by atoms with E-state index in [0.29, 0.717) is 28.4 Å². The summed E-state index contributed by atoms with van der Waals surface area (Å²) >= 11 is 1.45. The molecule has 3 rings (SSSR count). The second-order valence-corrected chi connectivity index (χ2v) is 6.71. The van der Waals surface area contributed by atoms with Crippen molar-refractivity contribution in [3.8, 4) is 16.5 Å². The third-order valence-electron chi connectivity index (χ3n) is 3.80. The van der Waals surface area contributed by atoms with E-state index in [1.54, 1.807) is 12.3 Å². The number of aliphatic hydroxyl groups excluding tert-OH is 1. The van der Waals surface area contributed by atoms with E-state index in [9.17, 15) is 4.79 Å². The average molecular weight is 356 g/mol. The van der Waals surface area contributed by atoms with Crippen LogP contribution in [0.25, 0.3) is 20.8 Å². The summed E-state index contributed by atoms with van der Waals surface area (Å²) in [5.41, 5.74) is 0.442. The number of aliphatic hydroxyl groups is 1. The lowest BCUT2D eigenvalue weighted by atomic mass is 10.2. The third kappa shape index (κ3) is 4.61. The number of pyridine rings is 1. The van der Waals surface area contributed by atoms with Gasteiger partial charge in [0.2, 0.25) is 0 Å². The Morgan fingerprint density at radius 1 is 1.08 bits per heavy atom. The minimum atomic E-state index is -0.261. The molecule has 0 saturated heterocycles. The minimum Gasteiger partial charge on any atom is -0.494 e. The van der Waals surface area contributed by atoms with Crippen molar-refractivity contribution in [3.63, 3.8) is 0 Å². The maximum atomic E-state index is 12.4. The van der Waals surface area contributed by atoms with Crippen molar-refractivity contribution in [2.45, 2.75) is 25.7 Å². The van der Waals surface area contributed by atoms with E-state index in [1.165, 1.54) is 11.3 Å². The van der Waals surface area contributed by atoms with Crippen molar-refractivity contribution in [2.75, 3.05) is 13.2 Å². The fourth-order valence-corrected chi connectivity index (χ4v) is 3.45. The average Bonchev–Trinajstić information content (AvgIpc) is 2.65. The summed E-state index contributed by atoms with van der Waals surface area (Å²) in [6.45, 7) is 0.848. The summed E-state index contributed by atoms with van der Waals surface area (Å²) in [4.78, 5) is 20.8. The van der Waals surface area contributed by atoms with Gasteiger partial charge < -0.3 is 9.84 Å². The van der Waals surface area contributed by atoms with Crippen molar-refractivity contribution in [3.05, 3.63) is 52.9 Å². The van der Waals surface area contributed by atoms with Gasteiger partial charge in [-0.05, 0) is 49.6 Å². The van der Waals surface area contributed by atoms with E-state index in [1.807, 2.05) is 30.3 Å². The topological polar surface area (TPSA) is 72.3 Å². The first-order chi connectivity index (χ1) is 12.3. The maximum Gasteiger partial charge on any atom is 0.279 e. The van der Waals surface area contributed by atoms with Crippen LogP contribution in [0.1, 0.15) is 25.7 Å². The predicted molar refractivity (Wildman–Crippen MR) is 100 cm³/mol. The van der Waals surface area contributed by atoms with Gasteiger partial charge in [-0.1, -0.05) is 12.5 Å². The van der Waals surface area contributed by atoms with Crippen molar-refractivity contribution in [1.29, 1.82) is 0 Å². The Kier molecular flexibility index (Phi) is 6.09. The normalized spacial score (nSPS) is 10.9. The number of nitrogens with zero attached hydrogens (tertiary/aromatic N) is 2. The van der Waals surface area contributed by atoms with Crippen LogP contribution in [0.3, 0.4) is 0 Å². The van der Waals surface area contributed by atoms with Gasteiger partial charge in [0.1, 0.15) is 10.8 Å². The summed E-state index contributed by atoms with van der Waals surface area (Å²) in [5, 5.41) is 9.94. The highest BCUT2D eigenvalue weighted by Gasteiger charge is 2.08. The zero-order valence-corrected chi connectivity index (χ0v) is 14.7. The van der Waals surface area contributed by atoms with Crippen LogP contribution >= 0.6 is 11.3 Å². The molecule has 0 unspecified atom stereocenters. The zero-order valence-electron chi connectivity index (χ0n) is 13.9. The maximum absolute atomic E-state index is 12.4. The van der Waals surface area contributed by atoms with E-state index in [-0.39, 0.29) is 12.2 Å². The third-order valence-corrected chi connectivity index (χ3v) is 4.87. The summed E-state index contributed by atoms with van der Waals surface area (Å²) in [7, 11) is 0. The Morgan fingerprint density at radius 2 is 1.96 bits per heavy atom. The number of benzene rings is 1. The molecule has 0 fully saturated rings. The van der Waals surface area contributed by atoms with Gasteiger partial charge in [-0.15, -0.1) is 11.3 Å². The lowest BCUT2D eigenvalue weighted by Gasteiger charge is -2.07. The van der Waals surface area contributed by atoms with Crippen LogP contribution in [-0.2, 0) is 0 Å². The van der Waals surface area contributed by atoms with Crippen LogP contribution in [-0.4, -0.2) is 28.3 Å². The molecule has 3 aromatic rings. The Balaban J connectivity index is 1.73. The second kappa shape index (κ2) is 8.69. The highest BCUT2D eigenvalue weighted by atomic mass is 32.1. The first-order valence-corrected chi connectivity index (χ1v) is 9.19. The van der Waals surface area contributed by atoms with E-state index in [0.717, 1.165) is 30.4 Å². The fourth-order valence-electron chi connectivity index (χ4n) is 2.49. The molecule has 1 aromatic carbocycles. The molecule has 0 amide bonds. The van der Waals surface area contributed by atoms with Gasteiger partial charge in [0.15, 0.2) is 0 Å². The molecule has 25 heavy (non-hydrogen) atoms. The van der Waals surface area contributed by atoms with Gasteiger partial charge in [-0.2, -0.15) is 4.98 Å². The molecule has 130 valence electrons. The van der Waals surface area contributed by atoms with Crippen LogP contribution in [0, 0.1) is 0 Å². The molecule has 6 heteroatoms. The Morgan fingerprint density at radius 3 is 2.76 bits per heavy atom. The Hall–Kier alpha value is -2.31. The Labute approximate surface area is 150 Å². The van der Waals surface area contributed by atoms with Gasteiger partial charge >= 0.3 is 0 Å². The first-order valence-electron chi connectivity index (χ1n) is 8.38. The SMILES string of the molecule is O=c1nc(-c2ccccn2)sc2ccc(OCCCCCCO)cc12. The Bertz CT molecular complexity index is 881. The molecule has 0 aliphatic rings. The molecule has 0 saturated carbocycles. The molecule has 5 nitrogen and oxygen atoms in total. The largest absolute Gasteiger partial charge is 0.494 e. The number of hydrogen-bond donors (Lipinski definition) is 1. The highest BCUT2D eigenvalue weighted by molar-refractivity contribution is 7.21. The molecule has 1 N–H and O–H groups in total. The van der Waals surface area contributed by atoms with E-state index in [2.05, 4.69) is 9.97 Å². The fraction of sp³-hybridized carbons (Fsp3) is 0.316. The van der Waals surface area contributed by atoms with E-state index in [4.69, 9.17) is 9.84 Å². The first kappa shape index (κ1) is 17.5. The van der Waals surface area contributed by atoms with Crippen LogP contribution in [0.4, 0.5) is 0 Å². The van der Waals surface area contributed by atoms with Gasteiger partial charge in [-0.3, -0.25) is 9.78 Å². The number of aromatic nitrogens is 2. The molecule has 0 atom stereocenters. The molecule has 0 radical (unpaired) electrons. The van der Waals surface area contributed by atoms with Crippen molar-refractivity contribution in [2.24, 2.45) is 0 Å². The van der Waals surface area contributed by atoms with Crippen LogP contribution in [0.5, 0.6) is 5.75 Å². The molecule has 0 aliphatic heterocycles. The number of fused-ring (bicyclic) bond motifs is 1. The molecule has 0 spiro atoms. The van der Waals surface area contributed by atoms with Gasteiger partial charge in [0, 0.05) is 17.5 Å². The zero-order chi connectivity index (χ0) is 17.5. The molecule has 2 heterocycles. The molecule has 0 bridgehead atoms. The van der Waals surface area contributed by atoms with Gasteiger partial charge in [0.05, 0.1) is 17.7 Å². The summed E-state index contributed by atoms with van der Waals surface area (Å²) in [6, 6.07) is 11.1. The number of rotatable bonds is 8. The van der Waals surface area contributed by atoms with Crippen molar-refractivity contribution >= 4 is 21.4 Å². The molecular formula is C19H20N2O3S. The summed E-state index contributed by atoms with van der Waals surface area (Å²) in [6.07, 6.45) is 5.49. The van der Waals surface area contributed by atoms with Crippen LogP contribution in [0.2, 0.25) is 0 Å². The monoisotopic (exact) mass is 356 g/mol.